The Labute approximate surface area is 244 Å². The van der Waals surface area contributed by atoms with Crippen molar-refractivity contribution in [3.8, 4) is 28.7 Å². The van der Waals surface area contributed by atoms with Gasteiger partial charge in [0.2, 0.25) is 12.0 Å². The Morgan fingerprint density at radius 3 is 2.34 bits per heavy atom. The highest BCUT2D eigenvalue weighted by atomic mass is 16.7. The molecule has 16 nitrogen and oxygen atoms in total. The summed E-state index contributed by atoms with van der Waals surface area (Å²) in [5.41, 5.74) is -1.12. The van der Waals surface area contributed by atoms with Gasteiger partial charge in [-0.3, -0.25) is 9.59 Å². The normalized spacial score (nSPS) is 24.8. The van der Waals surface area contributed by atoms with Gasteiger partial charge in [-0.15, -0.1) is 0 Å². The van der Waals surface area contributed by atoms with E-state index in [0.29, 0.717) is 5.56 Å². The first kappa shape index (κ1) is 30.3. The number of carbonyl (C=O) groups excluding carboxylic acids is 3. The number of phenolic OH excluding ortho intramolecular Hbond substituents is 5. The Balaban J connectivity index is 1.31. The van der Waals surface area contributed by atoms with Crippen LogP contribution >= 0.6 is 0 Å². The molecule has 0 bridgehead atoms. The Morgan fingerprint density at radius 1 is 0.909 bits per heavy atom. The lowest BCUT2D eigenvalue weighted by Gasteiger charge is -2.39. The highest BCUT2D eigenvalue weighted by Gasteiger charge is 2.47. The molecule has 1 aromatic heterocycles. The van der Waals surface area contributed by atoms with Crippen molar-refractivity contribution in [2.45, 2.75) is 43.0 Å². The van der Waals surface area contributed by atoms with E-state index < -0.39 is 113 Å². The number of fused-ring (bicyclic) bond motifs is 3. The molecule has 16 heteroatoms. The molecular formula is C28H24O16. The summed E-state index contributed by atoms with van der Waals surface area (Å²) in [5.74, 6) is -8.76. The van der Waals surface area contributed by atoms with Crippen molar-refractivity contribution in [2.24, 2.45) is 0 Å². The molecule has 2 heterocycles. The van der Waals surface area contributed by atoms with Gasteiger partial charge in [-0.25, -0.2) is 9.59 Å². The van der Waals surface area contributed by atoms with Crippen LogP contribution in [0.25, 0.3) is 16.8 Å². The number of aromatic hydroxyl groups is 5. The van der Waals surface area contributed by atoms with E-state index >= 15 is 0 Å². The molecule has 1 aliphatic carbocycles. The van der Waals surface area contributed by atoms with Crippen molar-refractivity contribution < 1.29 is 73.9 Å². The largest absolute Gasteiger partial charge is 0.504 e. The molecule has 5 rings (SSSR count). The lowest BCUT2D eigenvalue weighted by atomic mass is 9.96. The zero-order chi connectivity index (χ0) is 32.0. The van der Waals surface area contributed by atoms with Crippen molar-refractivity contribution >= 4 is 34.6 Å². The van der Waals surface area contributed by atoms with E-state index in [2.05, 4.69) is 0 Å². The number of benzene rings is 2. The van der Waals surface area contributed by atoms with Crippen LogP contribution in [-0.4, -0.2) is 95.9 Å². The fraction of sp³-hybridized carbons (Fsp3) is 0.286. The van der Waals surface area contributed by atoms with Crippen LogP contribution in [0.3, 0.4) is 0 Å². The van der Waals surface area contributed by atoms with Crippen molar-refractivity contribution in [3.05, 3.63) is 57.6 Å². The molecule has 3 aromatic rings. The number of hydrogen-bond acceptors (Lipinski definition) is 16. The molecule has 1 fully saturated rings. The number of rotatable bonds is 6. The first-order valence-electron chi connectivity index (χ1n) is 12.8. The molecule has 0 spiro atoms. The molecular weight excluding hydrogens is 592 g/mol. The molecule has 1 aliphatic heterocycles. The van der Waals surface area contributed by atoms with E-state index in [9.17, 15) is 60.0 Å². The second-order valence-electron chi connectivity index (χ2n) is 9.99. The highest BCUT2D eigenvalue weighted by Crippen LogP contribution is 2.47. The van der Waals surface area contributed by atoms with Crippen LogP contribution < -0.4 is 5.63 Å². The van der Waals surface area contributed by atoms with Crippen LogP contribution in [0, 0.1) is 0 Å². The summed E-state index contributed by atoms with van der Waals surface area (Å²) in [5, 5.41) is 79.2. The standard InChI is InChI=1S/C28H24O16/c29-12-3-1-9(5-13(12)30)2-4-17(33)43-28-24(38)23(37)21(35)16(42-28)8-41-26(39)11-7-15(32)25-19(11)18-10(27(40)44-25)6-14(31)20(34)22(18)36/h1-6,11,16,21,23-24,28-31,34-38H,7-8H2/b4-2+/t11-,16+,21+,23-,24+,28-/m0/s1. The quantitative estimate of drug-likeness (QED) is 0.0994. The van der Waals surface area contributed by atoms with Crippen molar-refractivity contribution in [1.29, 1.82) is 0 Å². The smallest absolute Gasteiger partial charge is 0.344 e. The van der Waals surface area contributed by atoms with Crippen LogP contribution in [0.5, 0.6) is 28.7 Å². The minimum absolute atomic E-state index is 0.288. The van der Waals surface area contributed by atoms with E-state index in [1.807, 2.05) is 0 Å². The third kappa shape index (κ3) is 5.37. The second kappa shape index (κ2) is 11.5. The van der Waals surface area contributed by atoms with E-state index in [0.717, 1.165) is 18.2 Å². The second-order valence-corrected chi connectivity index (χ2v) is 9.99. The number of phenols is 5. The van der Waals surface area contributed by atoms with Gasteiger partial charge in [-0.1, -0.05) is 6.07 Å². The molecule has 0 unspecified atom stereocenters. The summed E-state index contributed by atoms with van der Waals surface area (Å²) in [4.78, 5) is 50.3. The first-order valence-corrected chi connectivity index (χ1v) is 12.8. The number of aliphatic hydroxyl groups excluding tert-OH is 3. The molecule has 2 aromatic carbocycles. The fourth-order valence-electron chi connectivity index (χ4n) is 4.89. The van der Waals surface area contributed by atoms with Crippen LogP contribution in [0.4, 0.5) is 0 Å². The molecule has 1 saturated heterocycles. The van der Waals surface area contributed by atoms with Crippen LogP contribution in [0.1, 0.15) is 34.0 Å². The lowest BCUT2D eigenvalue weighted by molar-refractivity contribution is -0.292. The van der Waals surface area contributed by atoms with E-state index in [1.54, 1.807) is 0 Å². The number of aliphatic hydroxyl groups is 3. The van der Waals surface area contributed by atoms with Gasteiger partial charge in [-0.2, -0.15) is 0 Å². The summed E-state index contributed by atoms with van der Waals surface area (Å²) < 4.78 is 20.6. The Kier molecular flexibility index (Phi) is 7.92. The van der Waals surface area contributed by atoms with Gasteiger partial charge in [-0.05, 0) is 29.8 Å². The topological polar surface area (TPSA) is 271 Å². The molecule has 6 atom stereocenters. The number of esters is 2. The Hall–Kier alpha value is -5.16. The summed E-state index contributed by atoms with van der Waals surface area (Å²) in [7, 11) is 0. The molecule has 2 aliphatic rings. The van der Waals surface area contributed by atoms with Crippen molar-refractivity contribution in [1.82, 2.24) is 0 Å². The van der Waals surface area contributed by atoms with Gasteiger partial charge < -0.3 is 59.5 Å². The van der Waals surface area contributed by atoms with Gasteiger partial charge in [0, 0.05) is 23.4 Å². The zero-order valence-corrected chi connectivity index (χ0v) is 22.2. The highest BCUT2D eigenvalue weighted by molar-refractivity contribution is 6.10. The maximum Gasteiger partial charge on any atom is 0.344 e. The molecule has 232 valence electrons. The SMILES string of the molecule is O=C(/C=C/c1ccc(O)c(O)c1)O[C@@H]1O[C@H](COC(=O)[C@H]2CC(=O)c3oc(=O)c4cc(O)c(O)c(O)c4c32)[C@@H](O)[C@H](O)[C@H]1O. The van der Waals surface area contributed by atoms with Crippen molar-refractivity contribution in [2.75, 3.05) is 6.61 Å². The van der Waals surface area contributed by atoms with Gasteiger partial charge in [0.25, 0.3) is 0 Å². The van der Waals surface area contributed by atoms with Crippen molar-refractivity contribution in [3.63, 3.8) is 0 Å². The predicted octanol–water partition coefficient (Wildman–Crippen LogP) is -0.402. The number of hydrogen-bond donors (Lipinski definition) is 8. The number of ketones is 1. The number of ether oxygens (including phenoxy) is 3. The van der Waals surface area contributed by atoms with Gasteiger partial charge in [0.15, 0.2) is 34.5 Å². The molecule has 0 saturated carbocycles. The summed E-state index contributed by atoms with van der Waals surface area (Å²) in [6.45, 7) is -0.798. The van der Waals surface area contributed by atoms with E-state index in [4.69, 9.17) is 18.6 Å². The zero-order valence-electron chi connectivity index (χ0n) is 22.2. The van der Waals surface area contributed by atoms with Gasteiger partial charge in [0.1, 0.15) is 31.0 Å². The Morgan fingerprint density at radius 2 is 1.64 bits per heavy atom. The van der Waals surface area contributed by atoms with Gasteiger partial charge >= 0.3 is 17.6 Å². The molecule has 8 N–H and O–H groups in total. The third-order valence-electron chi connectivity index (χ3n) is 7.16. The summed E-state index contributed by atoms with van der Waals surface area (Å²) in [6.07, 6.45) is -7.59. The summed E-state index contributed by atoms with van der Waals surface area (Å²) >= 11 is 0. The minimum Gasteiger partial charge on any atom is -0.504 e. The number of Topliss-reactive ketones (excluding diaryl/α,β-unsaturated/α-hetero) is 1. The van der Waals surface area contributed by atoms with E-state index in [-0.39, 0.29) is 11.3 Å². The van der Waals surface area contributed by atoms with Crippen LogP contribution in [-0.2, 0) is 23.8 Å². The maximum absolute atomic E-state index is 13.1. The minimum atomic E-state index is -1.93. The average molecular weight is 616 g/mol. The molecule has 0 radical (unpaired) electrons. The molecule has 0 amide bonds. The molecule has 44 heavy (non-hydrogen) atoms. The van der Waals surface area contributed by atoms with Crippen LogP contribution in [0.2, 0.25) is 0 Å². The first-order chi connectivity index (χ1) is 20.8. The lowest BCUT2D eigenvalue weighted by Crippen LogP contribution is -2.59. The predicted molar refractivity (Wildman–Crippen MR) is 142 cm³/mol. The Bertz CT molecular complexity index is 1760. The van der Waals surface area contributed by atoms with Gasteiger partial charge in [0.05, 0.1) is 11.3 Å². The third-order valence-corrected chi connectivity index (χ3v) is 7.16. The maximum atomic E-state index is 13.1. The monoisotopic (exact) mass is 616 g/mol. The van der Waals surface area contributed by atoms with Crippen LogP contribution in [0.15, 0.2) is 39.6 Å². The fourth-order valence-corrected chi connectivity index (χ4v) is 4.89. The number of carbonyl (C=O) groups is 3. The van der Waals surface area contributed by atoms with E-state index in [1.165, 1.54) is 18.2 Å². The summed E-state index contributed by atoms with van der Waals surface area (Å²) in [6, 6.07) is 4.48. The average Bonchev–Trinajstić information content (AvgIpc) is 3.31.